The molecule has 0 bridgehead atoms. The Hall–Kier alpha value is -1.50. The van der Waals surface area contributed by atoms with E-state index < -0.39 is 0 Å². The summed E-state index contributed by atoms with van der Waals surface area (Å²) in [5.41, 5.74) is 7.14. The topological polar surface area (TPSA) is 53.6 Å². The summed E-state index contributed by atoms with van der Waals surface area (Å²) in [4.78, 5) is 14.8. The summed E-state index contributed by atoms with van der Waals surface area (Å²) in [6, 6.07) is 6.21. The van der Waals surface area contributed by atoms with Crippen molar-refractivity contribution in [3.05, 3.63) is 35.6 Å². The van der Waals surface area contributed by atoms with Crippen LogP contribution in [0, 0.1) is 11.7 Å². The molecule has 0 aromatic heterocycles. The van der Waals surface area contributed by atoms with E-state index in [1.807, 2.05) is 11.8 Å². The van der Waals surface area contributed by atoms with Gasteiger partial charge in [-0.05, 0) is 37.5 Å². The van der Waals surface area contributed by atoms with Gasteiger partial charge in [0.05, 0.1) is 18.1 Å². The quantitative estimate of drug-likeness (QED) is 0.885. The smallest absolute Gasteiger partial charge is 0.229 e. The average Bonchev–Trinajstić information content (AvgIpc) is 3.05. The summed E-state index contributed by atoms with van der Waals surface area (Å²) in [5, 5.41) is 0. The molecular formula is C17H24FN3O2. The maximum absolute atomic E-state index is 13.1. The number of nitrogens with one attached hydrogen (secondary N) is 2. The number of likely N-dealkylation sites (tertiary alicyclic amines) is 1. The van der Waals surface area contributed by atoms with Crippen LogP contribution in [0.4, 0.5) is 4.39 Å². The Bertz CT molecular complexity index is 535. The molecule has 0 saturated carbocycles. The minimum absolute atomic E-state index is 0.129. The number of amides is 1. The highest BCUT2D eigenvalue weighted by Crippen LogP contribution is 2.28. The number of hydrogen-bond donors (Lipinski definition) is 2. The lowest BCUT2D eigenvalue weighted by Crippen LogP contribution is -2.47. The molecule has 2 saturated heterocycles. The van der Waals surface area contributed by atoms with Crippen LogP contribution in [-0.4, -0.2) is 43.2 Å². The fourth-order valence-electron chi connectivity index (χ4n) is 3.46. The third-order valence-corrected chi connectivity index (χ3v) is 4.62. The molecule has 0 spiro atoms. The molecule has 3 rings (SSSR count). The summed E-state index contributed by atoms with van der Waals surface area (Å²) in [5.74, 6) is -0.305. The van der Waals surface area contributed by atoms with Gasteiger partial charge in [-0.25, -0.2) is 9.82 Å². The summed E-state index contributed by atoms with van der Waals surface area (Å²) in [7, 11) is 0. The van der Waals surface area contributed by atoms with Gasteiger partial charge in [0, 0.05) is 26.2 Å². The predicted octanol–water partition coefficient (Wildman–Crippen LogP) is 1.62. The lowest BCUT2D eigenvalue weighted by atomic mass is 9.93. The van der Waals surface area contributed by atoms with Crippen molar-refractivity contribution in [1.29, 1.82) is 0 Å². The standard InChI is InChI=1S/C17H24FN3O2/c1-2-23-14-4-3-9-21(11-14)17(22)15-10-19-20-16(15)12-5-7-13(18)8-6-12/h5-8,14-16,19-20H,2-4,9-11H2,1H3. The zero-order valence-electron chi connectivity index (χ0n) is 13.4. The van der Waals surface area contributed by atoms with Crippen LogP contribution >= 0.6 is 0 Å². The van der Waals surface area contributed by atoms with E-state index in [0.29, 0.717) is 19.7 Å². The molecule has 23 heavy (non-hydrogen) atoms. The Kier molecular flexibility index (Phi) is 5.25. The molecule has 1 aromatic rings. The van der Waals surface area contributed by atoms with Crippen molar-refractivity contribution in [3.63, 3.8) is 0 Å². The first-order chi connectivity index (χ1) is 11.2. The van der Waals surface area contributed by atoms with Gasteiger partial charge in [-0.2, -0.15) is 0 Å². The Morgan fingerprint density at radius 2 is 2.17 bits per heavy atom. The number of halogens is 1. The van der Waals surface area contributed by atoms with Crippen molar-refractivity contribution in [1.82, 2.24) is 15.8 Å². The first kappa shape index (κ1) is 16.4. The minimum atomic E-state index is -0.266. The van der Waals surface area contributed by atoms with Crippen molar-refractivity contribution in [2.45, 2.75) is 31.9 Å². The van der Waals surface area contributed by atoms with E-state index in [0.717, 1.165) is 24.9 Å². The van der Waals surface area contributed by atoms with Crippen LogP contribution in [-0.2, 0) is 9.53 Å². The molecule has 2 heterocycles. The molecule has 3 unspecified atom stereocenters. The number of hydrazine groups is 1. The number of nitrogens with zero attached hydrogens (tertiary/aromatic N) is 1. The number of carbonyl (C=O) groups excluding carboxylic acids is 1. The largest absolute Gasteiger partial charge is 0.377 e. The maximum Gasteiger partial charge on any atom is 0.229 e. The summed E-state index contributed by atoms with van der Waals surface area (Å²) in [6.45, 7) is 4.69. The molecule has 2 fully saturated rings. The molecule has 0 radical (unpaired) electrons. The molecular weight excluding hydrogens is 297 g/mol. The SMILES string of the molecule is CCOC1CCCN(C(=O)C2CNNC2c2ccc(F)cc2)C1. The number of piperidine rings is 1. The molecule has 0 aliphatic carbocycles. The van der Waals surface area contributed by atoms with E-state index in [1.165, 1.54) is 12.1 Å². The number of ether oxygens (including phenoxy) is 1. The minimum Gasteiger partial charge on any atom is -0.377 e. The van der Waals surface area contributed by atoms with Gasteiger partial charge < -0.3 is 9.64 Å². The van der Waals surface area contributed by atoms with Crippen LogP contribution in [0.2, 0.25) is 0 Å². The van der Waals surface area contributed by atoms with Gasteiger partial charge in [-0.3, -0.25) is 10.2 Å². The molecule has 126 valence electrons. The Balaban J connectivity index is 1.69. The number of hydrogen-bond acceptors (Lipinski definition) is 4. The Morgan fingerprint density at radius 1 is 1.39 bits per heavy atom. The molecule has 1 amide bonds. The molecule has 2 aliphatic heterocycles. The average molecular weight is 321 g/mol. The number of carbonyl (C=O) groups is 1. The van der Waals surface area contributed by atoms with E-state index in [9.17, 15) is 9.18 Å². The van der Waals surface area contributed by atoms with Crippen molar-refractivity contribution >= 4 is 5.91 Å². The van der Waals surface area contributed by atoms with Gasteiger partial charge in [0.25, 0.3) is 0 Å². The van der Waals surface area contributed by atoms with E-state index in [1.54, 1.807) is 12.1 Å². The van der Waals surface area contributed by atoms with E-state index in [4.69, 9.17) is 4.74 Å². The normalized spacial score (nSPS) is 28.1. The van der Waals surface area contributed by atoms with Gasteiger partial charge in [-0.1, -0.05) is 12.1 Å². The van der Waals surface area contributed by atoms with Crippen LogP contribution in [0.25, 0.3) is 0 Å². The van der Waals surface area contributed by atoms with Gasteiger partial charge in [0.1, 0.15) is 5.82 Å². The second-order valence-corrected chi connectivity index (χ2v) is 6.16. The van der Waals surface area contributed by atoms with Crippen molar-refractivity contribution in [2.24, 2.45) is 5.92 Å². The lowest BCUT2D eigenvalue weighted by Gasteiger charge is -2.35. The van der Waals surface area contributed by atoms with Gasteiger partial charge >= 0.3 is 0 Å². The van der Waals surface area contributed by atoms with Crippen LogP contribution < -0.4 is 10.9 Å². The van der Waals surface area contributed by atoms with Crippen molar-refractivity contribution in [2.75, 3.05) is 26.2 Å². The molecule has 1 aromatic carbocycles. The first-order valence-electron chi connectivity index (χ1n) is 8.33. The van der Waals surface area contributed by atoms with Crippen LogP contribution in [0.1, 0.15) is 31.4 Å². The summed E-state index contributed by atoms with van der Waals surface area (Å²) in [6.07, 6.45) is 2.13. The fraction of sp³-hybridized carbons (Fsp3) is 0.588. The van der Waals surface area contributed by atoms with Crippen LogP contribution in [0.15, 0.2) is 24.3 Å². The van der Waals surface area contributed by atoms with Gasteiger partial charge in [0.15, 0.2) is 0 Å². The van der Waals surface area contributed by atoms with E-state index in [-0.39, 0.29) is 29.8 Å². The summed E-state index contributed by atoms with van der Waals surface area (Å²) >= 11 is 0. The van der Waals surface area contributed by atoms with E-state index >= 15 is 0 Å². The number of rotatable bonds is 4. The Morgan fingerprint density at radius 3 is 2.91 bits per heavy atom. The molecule has 5 nitrogen and oxygen atoms in total. The van der Waals surface area contributed by atoms with Crippen molar-refractivity contribution < 1.29 is 13.9 Å². The number of benzene rings is 1. The van der Waals surface area contributed by atoms with Gasteiger partial charge in [0.2, 0.25) is 5.91 Å². The second kappa shape index (κ2) is 7.38. The highest BCUT2D eigenvalue weighted by Gasteiger charge is 2.37. The zero-order valence-corrected chi connectivity index (χ0v) is 13.4. The molecule has 2 N–H and O–H groups in total. The highest BCUT2D eigenvalue weighted by molar-refractivity contribution is 5.80. The monoisotopic (exact) mass is 321 g/mol. The highest BCUT2D eigenvalue weighted by atomic mass is 19.1. The zero-order chi connectivity index (χ0) is 16.2. The summed E-state index contributed by atoms with van der Waals surface area (Å²) < 4.78 is 18.8. The predicted molar refractivity (Wildman–Crippen MR) is 85.0 cm³/mol. The third-order valence-electron chi connectivity index (χ3n) is 4.62. The lowest BCUT2D eigenvalue weighted by molar-refractivity contribution is -0.139. The third kappa shape index (κ3) is 3.71. The Labute approximate surface area is 136 Å². The van der Waals surface area contributed by atoms with Crippen molar-refractivity contribution in [3.8, 4) is 0 Å². The maximum atomic E-state index is 13.1. The molecule has 3 atom stereocenters. The molecule has 6 heteroatoms. The molecule has 2 aliphatic rings. The van der Waals surface area contributed by atoms with Gasteiger partial charge in [-0.15, -0.1) is 0 Å². The second-order valence-electron chi connectivity index (χ2n) is 6.16. The first-order valence-corrected chi connectivity index (χ1v) is 8.33. The van der Waals surface area contributed by atoms with Crippen LogP contribution in [0.5, 0.6) is 0 Å². The van der Waals surface area contributed by atoms with Crippen LogP contribution in [0.3, 0.4) is 0 Å². The van der Waals surface area contributed by atoms with E-state index in [2.05, 4.69) is 10.9 Å². The fourth-order valence-corrected chi connectivity index (χ4v) is 3.46.